The molecule has 0 aliphatic rings. The summed E-state index contributed by atoms with van der Waals surface area (Å²) in [5.74, 6) is 1.61. The number of hydrogen-bond donors (Lipinski definition) is 1. The molecule has 21 heavy (non-hydrogen) atoms. The van der Waals surface area contributed by atoms with Gasteiger partial charge in [0.25, 0.3) is 0 Å². The zero-order valence-electron chi connectivity index (χ0n) is 13.3. The van der Waals surface area contributed by atoms with E-state index in [9.17, 15) is 5.11 Å². The summed E-state index contributed by atoms with van der Waals surface area (Å²) >= 11 is 0. The van der Waals surface area contributed by atoms with Crippen molar-refractivity contribution in [1.29, 1.82) is 0 Å². The Morgan fingerprint density at radius 2 is 1.38 bits per heavy atom. The maximum Gasteiger partial charge on any atom is 0.127 e. The monoisotopic (exact) mass is 284 g/mol. The summed E-state index contributed by atoms with van der Waals surface area (Å²) in [7, 11) is 0. The number of benzene rings is 2. The molecule has 0 radical (unpaired) electrons. The lowest BCUT2D eigenvalue weighted by Crippen LogP contribution is -2.10. The highest BCUT2D eigenvalue weighted by Crippen LogP contribution is 2.27. The summed E-state index contributed by atoms with van der Waals surface area (Å²) in [5, 5.41) is 9.78. The first-order valence-corrected chi connectivity index (χ1v) is 7.46. The van der Waals surface area contributed by atoms with Gasteiger partial charge in [0.05, 0.1) is 6.10 Å². The molecule has 0 aromatic heterocycles. The fraction of sp³-hybridized carbons (Fsp3) is 0.368. The van der Waals surface area contributed by atoms with Gasteiger partial charge in [-0.3, -0.25) is 0 Å². The van der Waals surface area contributed by atoms with Gasteiger partial charge in [-0.15, -0.1) is 0 Å². The number of rotatable bonds is 4. The molecule has 0 aliphatic heterocycles. The first-order chi connectivity index (χ1) is 9.90. The van der Waals surface area contributed by atoms with Gasteiger partial charge >= 0.3 is 0 Å². The molecule has 1 unspecified atom stereocenters. The average molecular weight is 284 g/mol. The molecule has 2 aromatic carbocycles. The lowest BCUT2D eigenvalue weighted by molar-refractivity contribution is 0.173. The molecule has 1 atom stereocenters. The largest absolute Gasteiger partial charge is 0.457 e. The van der Waals surface area contributed by atoms with Gasteiger partial charge in [-0.05, 0) is 47.2 Å². The van der Waals surface area contributed by atoms with E-state index in [1.807, 2.05) is 43.3 Å². The molecule has 2 rings (SSSR count). The molecule has 0 heterocycles. The third kappa shape index (κ3) is 4.08. The Kier molecular flexibility index (Phi) is 4.69. The topological polar surface area (TPSA) is 29.5 Å². The second-order valence-electron chi connectivity index (χ2n) is 6.37. The first kappa shape index (κ1) is 15.6. The molecule has 2 nitrogen and oxygen atoms in total. The van der Waals surface area contributed by atoms with Crippen LogP contribution < -0.4 is 4.74 Å². The van der Waals surface area contributed by atoms with Crippen LogP contribution in [0.4, 0.5) is 0 Å². The minimum Gasteiger partial charge on any atom is -0.457 e. The number of aliphatic hydroxyl groups excluding tert-OH is 1. The van der Waals surface area contributed by atoms with E-state index in [-0.39, 0.29) is 5.41 Å². The molecule has 0 amide bonds. The van der Waals surface area contributed by atoms with E-state index in [1.165, 1.54) is 5.56 Å². The molecule has 2 heteroatoms. The van der Waals surface area contributed by atoms with E-state index >= 15 is 0 Å². The molecule has 112 valence electrons. The second-order valence-corrected chi connectivity index (χ2v) is 6.37. The third-order valence-electron chi connectivity index (χ3n) is 3.61. The highest BCUT2D eigenvalue weighted by molar-refractivity contribution is 5.36. The van der Waals surface area contributed by atoms with Crippen molar-refractivity contribution in [3.05, 3.63) is 59.7 Å². The SMILES string of the molecule is CCC(O)c1ccc(Oc2ccc(C(C)(C)C)cc2)cc1. The van der Waals surface area contributed by atoms with Crippen LogP contribution in [0.3, 0.4) is 0 Å². The van der Waals surface area contributed by atoms with Crippen LogP contribution in [0.25, 0.3) is 0 Å². The van der Waals surface area contributed by atoms with Gasteiger partial charge in [-0.25, -0.2) is 0 Å². The summed E-state index contributed by atoms with van der Waals surface area (Å²) in [4.78, 5) is 0. The molecule has 2 aromatic rings. The van der Waals surface area contributed by atoms with Gasteiger partial charge < -0.3 is 9.84 Å². The van der Waals surface area contributed by atoms with E-state index in [1.54, 1.807) is 0 Å². The van der Waals surface area contributed by atoms with E-state index < -0.39 is 6.10 Å². The lowest BCUT2D eigenvalue weighted by atomic mass is 9.87. The molecular weight excluding hydrogens is 260 g/mol. The predicted octanol–water partition coefficient (Wildman–Crippen LogP) is 5.22. The number of hydrogen-bond acceptors (Lipinski definition) is 2. The normalized spacial score (nSPS) is 13.0. The van der Waals surface area contributed by atoms with Crippen LogP contribution in [0, 0.1) is 0 Å². The van der Waals surface area contributed by atoms with Crippen molar-refractivity contribution in [2.24, 2.45) is 0 Å². The Morgan fingerprint density at radius 1 is 0.905 bits per heavy atom. The minimum atomic E-state index is -0.398. The molecule has 0 saturated heterocycles. The number of ether oxygens (including phenoxy) is 1. The van der Waals surface area contributed by atoms with Crippen molar-refractivity contribution in [2.45, 2.75) is 45.6 Å². The van der Waals surface area contributed by atoms with Crippen molar-refractivity contribution in [3.63, 3.8) is 0 Å². The third-order valence-corrected chi connectivity index (χ3v) is 3.61. The van der Waals surface area contributed by atoms with Gasteiger partial charge in [0.1, 0.15) is 11.5 Å². The van der Waals surface area contributed by atoms with Crippen LogP contribution in [0.5, 0.6) is 11.5 Å². The molecular formula is C19H24O2. The van der Waals surface area contributed by atoms with E-state index in [4.69, 9.17) is 4.74 Å². The van der Waals surface area contributed by atoms with E-state index in [2.05, 4.69) is 32.9 Å². The summed E-state index contributed by atoms with van der Waals surface area (Å²) in [6.45, 7) is 8.55. The molecule has 1 N–H and O–H groups in total. The first-order valence-electron chi connectivity index (χ1n) is 7.46. The summed E-state index contributed by atoms with van der Waals surface area (Å²) in [5.41, 5.74) is 2.36. The maximum atomic E-state index is 9.78. The zero-order chi connectivity index (χ0) is 15.5. The molecule has 0 bridgehead atoms. The van der Waals surface area contributed by atoms with Gasteiger partial charge in [0.2, 0.25) is 0 Å². The van der Waals surface area contributed by atoms with Crippen LogP contribution in [0.2, 0.25) is 0 Å². The Labute approximate surface area is 127 Å². The standard InChI is InChI=1S/C19H24O2/c1-5-18(20)14-6-10-16(11-7-14)21-17-12-8-15(9-13-17)19(2,3)4/h6-13,18,20H,5H2,1-4H3. The van der Waals surface area contributed by atoms with Crippen LogP contribution in [-0.4, -0.2) is 5.11 Å². The van der Waals surface area contributed by atoms with Gasteiger partial charge in [-0.1, -0.05) is 52.0 Å². The quantitative estimate of drug-likeness (QED) is 0.834. The zero-order valence-corrected chi connectivity index (χ0v) is 13.3. The van der Waals surface area contributed by atoms with Crippen molar-refractivity contribution < 1.29 is 9.84 Å². The molecule has 0 fully saturated rings. The Hall–Kier alpha value is -1.80. The summed E-state index contributed by atoms with van der Waals surface area (Å²) < 4.78 is 5.83. The van der Waals surface area contributed by atoms with Crippen LogP contribution >= 0.6 is 0 Å². The van der Waals surface area contributed by atoms with Crippen LogP contribution in [0.1, 0.15) is 51.3 Å². The van der Waals surface area contributed by atoms with Gasteiger partial charge in [0.15, 0.2) is 0 Å². The Balaban J connectivity index is 2.08. The summed E-state index contributed by atoms with van der Waals surface area (Å²) in [6, 6.07) is 15.8. The fourth-order valence-corrected chi connectivity index (χ4v) is 2.15. The Bertz CT molecular complexity index is 562. The second kappa shape index (κ2) is 6.31. The minimum absolute atomic E-state index is 0.149. The highest BCUT2D eigenvalue weighted by Gasteiger charge is 2.13. The van der Waals surface area contributed by atoms with Gasteiger partial charge in [-0.2, -0.15) is 0 Å². The predicted molar refractivity (Wildman–Crippen MR) is 86.9 cm³/mol. The number of aliphatic hydroxyl groups is 1. The summed E-state index contributed by atoms with van der Waals surface area (Å²) in [6.07, 6.45) is 0.319. The maximum absolute atomic E-state index is 9.78. The van der Waals surface area contributed by atoms with Crippen molar-refractivity contribution in [1.82, 2.24) is 0 Å². The van der Waals surface area contributed by atoms with Crippen molar-refractivity contribution in [2.75, 3.05) is 0 Å². The van der Waals surface area contributed by atoms with Crippen LogP contribution in [-0.2, 0) is 5.41 Å². The average Bonchev–Trinajstić information content (AvgIpc) is 2.47. The van der Waals surface area contributed by atoms with E-state index in [0.717, 1.165) is 17.1 Å². The molecule has 0 aliphatic carbocycles. The van der Waals surface area contributed by atoms with Crippen molar-refractivity contribution >= 4 is 0 Å². The Morgan fingerprint density at radius 3 is 1.81 bits per heavy atom. The molecule has 0 spiro atoms. The highest BCUT2D eigenvalue weighted by atomic mass is 16.5. The fourth-order valence-electron chi connectivity index (χ4n) is 2.15. The smallest absolute Gasteiger partial charge is 0.127 e. The van der Waals surface area contributed by atoms with Crippen molar-refractivity contribution in [3.8, 4) is 11.5 Å². The van der Waals surface area contributed by atoms with E-state index in [0.29, 0.717) is 6.42 Å². The molecule has 0 saturated carbocycles. The van der Waals surface area contributed by atoms with Crippen LogP contribution in [0.15, 0.2) is 48.5 Å². The lowest BCUT2D eigenvalue weighted by Gasteiger charge is -2.19. The van der Waals surface area contributed by atoms with Gasteiger partial charge in [0, 0.05) is 0 Å².